The monoisotopic (exact) mass is 475 g/mol. The summed E-state index contributed by atoms with van der Waals surface area (Å²) in [6.07, 6.45) is 0. The minimum Gasteiger partial charge on any atom is -0.497 e. The molecule has 0 N–H and O–H groups in total. The molecule has 2 aromatic carbocycles. The van der Waals surface area contributed by atoms with Gasteiger partial charge in [-0.2, -0.15) is 0 Å². The van der Waals surface area contributed by atoms with E-state index < -0.39 is 12.0 Å². The van der Waals surface area contributed by atoms with Crippen LogP contribution < -0.4 is 24.5 Å². The van der Waals surface area contributed by atoms with Crippen molar-refractivity contribution < 1.29 is 19.1 Å². The highest BCUT2D eigenvalue weighted by Gasteiger charge is 2.36. The zero-order chi connectivity index (χ0) is 24.1. The summed E-state index contributed by atoms with van der Waals surface area (Å²) in [5.41, 5.74) is 2.83. The van der Waals surface area contributed by atoms with Gasteiger partial charge in [-0.3, -0.25) is 14.2 Å². The van der Waals surface area contributed by atoms with Crippen molar-refractivity contribution in [1.82, 2.24) is 4.57 Å². The molecule has 8 nitrogen and oxygen atoms in total. The number of carbonyl (C=O) groups excluding carboxylic acids is 2. The maximum Gasteiger partial charge on any atom is 0.338 e. The smallest absolute Gasteiger partial charge is 0.338 e. The molecule has 2 aliphatic heterocycles. The Morgan fingerprint density at radius 2 is 1.76 bits per heavy atom. The highest BCUT2D eigenvalue weighted by molar-refractivity contribution is 7.07. The van der Waals surface area contributed by atoms with Gasteiger partial charge in [0.25, 0.3) is 11.5 Å². The van der Waals surface area contributed by atoms with Crippen LogP contribution >= 0.6 is 11.3 Å². The van der Waals surface area contributed by atoms with E-state index in [4.69, 9.17) is 9.47 Å². The van der Waals surface area contributed by atoms with Gasteiger partial charge in [0.05, 0.1) is 42.8 Å². The van der Waals surface area contributed by atoms with Crippen molar-refractivity contribution in [3.63, 3.8) is 0 Å². The zero-order valence-electron chi connectivity index (χ0n) is 19.0. The molecule has 0 saturated carbocycles. The molecule has 0 aliphatic carbocycles. The third-order valence-corrected chi connectivity index (χ3v) is 7.17. The number of allylic oxidation sites excluding steroid dienone is 1. The third-order valence-electron chi connectivity index (χ3n) is 6.11. The molecule has 9 heteroatoms. The van der Waals surface area contributed by atoms with E-state index in [9.17, 15) is 14.4 Å². The van der Waals surface area contributed by atoms with Gasteiger partial charge in [0, 0.05) is 12.6 Å². The third kappa shape index (κ3) is 3.12. The van der Waals surface area contributed by atoms with Crippen molar-refractivity contribution in [2.24, 2.45) is 4.99 Å². The molecule has 1 amide bonds. The molecule has 3 heterocycles. The molecule has 0 fully saturated rings. The number of hydrogen-bond acceptors (Lipinski definition) is 7. The van der Waals surface area contributed by atoms with Crippen LogP contribution in [0.15, 0.2) is 69.6 Å². The number of aromatic nitrogens is 1. The fourth-order valence-corrected chi connectivity index (χ4v) is 5.57. The van der Waals surface area contributed by atoms with Gasteiger partial charge in [-0.1, -0.05) is 41.7 Å². The molecule has 0 unspecified atom stereocenters. The summed E-state index contributed by atoms with van der Waals surface area (Å²) in [4.78, 5) is 46.3. The van der Waals surface area contributed by atoms with Crippen LogP contribution in [0.4, 0.5) is 5.69 Å². The SMILES string of the molecule is COC(=O)C1=C(C)N=c2s/c(=C3\C(=O)N(C)c4ccccc43)c(=O)n2[C@@H]1c1ccc(OC)cc1. The van der Waals surface area contributed by atoms with E-state index in [0.29, 0.717) is 32.9 Å². The van der Waals surface area contributed by atoms with E-state index in [0.717, 1.165) is 17.0 Å². The van der Waals surface area contributed by atoms with E-state index in [1.165, 1.54) is 16.6 Å². The van der Waals surface area contributed by atoms with Gasteiger partial charge in [0.2, 0.25) is 0 Å². The van der Waals surface area contributed by atoms with Crippen LogP contribution in [-0.2, 0) is 14.3 Å². The molecule has 0 saturated heterocycles. The van der Waals surface area contributed by atoms with Gasteiger partial charge in [0.1, 0.15) is 10.3 Å². The molecule has 0 spiro atoms. The first-order chi connectivity index (χ1) is 16.4. The lowest BCUT2D eigenvalue weighted by Crippen LogP contribution is -2.40. The highest BCUT2D eigenvalue weighted by Crippen LogP contribution is 2.34. The normalized spacial score (nSPS) is 18.4. The Bertz CT molecular complexity index is 1560. The number of fused-ring (bicyclic) bond motifs is 2. The number of esters is 1. The van der Waals surface area contributed by atoms with Crippen LogP contribution in [-0.4, -0.2) is 37.7 Å². The Kier molecular flexibility index (Phi) is 5.21. The van der Waals surface area contributed by atoms with Crippen LogP contribution in [0.1, 0.15) is 24.1 Å². The molecular formula is C25H21N3O5S. The number of anilines is 1. The van der Waals surface area contributed by atoms with E-state index in [1.807, 2.05) is 24.3 Å². The van der Waals surface area contributed by atoms with Gasteiger partial charge in [-0.15, -0.1) is 0 Å². The molecule has 0 bridgehead atoms. The number of nitrogens with zero attached hydrogens (tertiary/aromatic N) is 3. The van der Waals surface area contributed by atoms with Gasteiger partial charge in [-0.05, 0) is 30.7 Å². The van der Waals surface area contributed by atoms with Crippen LogP contribution in [0.25, 0.3) is 5.57 Å². The summed E-state index contributed by atoms with van der Waals surface area (Å²) in [5, 5.41) is 0. The summed E-state index contributed by atoms with van der Waals surface area (Å²) in [7, 11) is 4.55. The molecule has 1 aromatic heterocycles. The van der Waals surface area contributed by atoms with Crippen LogP contribution in [0, 0.1) is 0 Å². The first kappa shape index (κ1) is 21.8. The predicted octanol–water partition coefficient (Wildman–Crippen LogP) is 1.76. The summed E-state index contributed by atoms with van der Waals surface area (Å²) >= 11 is 1.15. The first-order valence-corrected chi connectivity index (χ1v) is 11.3. The average molecular weight is 476 g/mol. The van der Waals surface area contributed by atoms with Crippen molar-refractivity contribution in [3.8, 4) is 5.75 Å². The van der Waals surface area contributed by atoms with E-state index in [2.05, 4.69) is 4.99 Å². The van der Waals surface area contributed by atoms with E-state index >= 15 is 0 Å². The topological polar surface area (TPSA) is 90.2 Å². The number of carbonyl (C=O) groups is 2. The van der Waals surface area contributed by atoms with Crippen molar-refractivity contribution in [2.75, 3.05) is 26.2 Å². The number of amides is 1. The highest BCUT2D eigenvalue weighted by atomic mass is 32.1. The molecule has 3 aromatic rings. The van der Waals surface area contributed by atoms with Crippen molar-refractivity contribution in [1.29, 1.82) is 0 Å². The van der Waals surface area contributed by atoms with Crippen molar-refractivity contribution >= 4 is 34.5 Å². The number of benzene rings is 2. The van der Waals surface area contributed by atoms with Crippen LogP contribution in [0.3, 0.4) is 0 Å². The standard InChI is InChI=1S/C25H21N3O5S/c1-13-18(24(31)33-4)20(14-9-11-15(32-3)12-10-14)28-23(30)21(34-25(28)26-13)19-16-7-5-6-8-17(16)27(2)22(19)29/h5-12,20H,1-4H3/b21-19-/t20-/m1/s1. The summed E-state index contributed by atoms with van der Waals surface area (Å²) in [5.74, 6) is -0.173. The molecule has 1 atom stereocenters. The number of hydrogen-bond donors (Lipinski definition) is 0. The molecule has 5 rings (SSSR count). The number of rotatable bonds is 3. The van der Waals surface area contributed by atoms with Crippen molar-refractivity contribution in [3.05, 3.63) is 90.6 Å². The molecule has 34 heavy (non-hydrogen) atoms. The molecular weight excluding hydrogens is 454 g/mol. The Morgan fingerprint density at radius 3 is 2.44 bits per heavy atom. The minimum atomic E-state index is -0.756. The fourth-order valence-electron chi connectivity index (χ4n) is 4.43. The number of thiazole rings is 1. The summed E-state index contributed by atoms with van der Waals surface area (Å²) < 4.78 is 12.1. The molecule has 2 aliphatic rings. The maximum atomic E-state index is 13.9. The van der Waals surface area contributed by atoms with Crippen LogP contribution in [0.5, 0.6) is 5.75 Å². The van der Waals surface area contributed by atoms with Gasteiger partial charge >= 0.3 is 5.97 Å². The second-order valence-electron chi connectivity index (χ2n) is 7.92. The Balaban J connectivity index is 1.83. The van der Waals surface area contributed by atoms with Gasteiger partial charge in [-0.25, -0.2) is 9.79 Å². The number of para-hydroxylation sites is 1. The van der Waals surface area contributed by atoms with Crippen molar-refractivity contribution in [2.45, 2.75) is 13.0 Å². The number of likely N-dealkylation sites (N-methyl/N-ethyl adjacent to an activating group) is 1. The average Bonchev–Trinajstić information content (AvgIpc) is 3.30. The lowest BCUT2D eigenvalue weighted by atomic mass is 9.96. The Morgan fingerprint density at radius 1 is 1.06 bits per heavy atom. The lowest BCUT2D eigenvalue weighted by molar-refractivity contribution is -0.136. The Hall–Kier alpha value is -3.98. The quantitative estimate of drug-likeness (QED) is 0.539. The molecule has 0 radical (unpaired) electrons. The molecule has 172 valence electrons. The first-order valence-electron chi connectivity index (χ1n) is 10.5. The van der Waals surface area contributed by atoms with Crippen LogP contribution in [0.2, 0.25) is 0 Å². The Labute approximate surface area is 198 Å². The zero-order valence-corrected chi connectivity index (χ0v) is 19.8. The van der Waals surface area contributed by atoms with E-state index in [-0.39, 0.29) is 21.6 Å². The number of ether oxygens (including phenoxy) is 2. The minimum absolute atomic E-state index is 0.253. The lowest BCUT2D eigenvalue weighted by Gasteiger charge is -2.24. The van der Waals surface area contributed by atoms with E-state index in [1.54, 1.807) is 45.3 Å². The van der Waals surface area contributed by atoms with Gasteiger partial charge in [0.15, 0.2) is 4.80 Å². The fraction of sp³-hybridized carbons (Fsp3) is 0.200. The van der Waals surface area contributed by atoms with Gasteiger partial charge < -0.3 is 14.4 Å². The second kappa shape index (κ2) is 8.11. The summed E-state index contributed by atoms with van der Waals surface area (Å²) in [6, 6.07) is 13.7. The number of methoxy groups -OCH3 is 2. The second-order valence-corrected chi connectivity index (χ2v) is 8.90. The predicted molar refractivity (Wildman–Crippen MR) is 128 cm³/mol. The summed E-state index contributed by atoms with van der Waals surface area (Å²) in [6.45, 7) is 1.72. The maximum absolute atomic E-state index is 13.9. The largest absolute Gasteiger partial charge is 0.497 e.